The second kappa shape index (κ2) is 3.45. The number of halogens is 3. The normalized spacial score (nSPS) is 11.0. The number of carbonyl (C=O) groups excluding carboxylic acids is 1. The average Bonchev–Trinajstić information content (AvgIpc) is 2.48. The van der Waals surface area contributed by atoms with Crippen molar-refractivity contribution >= 4 is 35.3 Å². The summed E-state index contributed by atoms with van der Waals surface area (Å²) in [6, 6.07) is 2.58. The minimum absolute atomic E-state index is 0.303. The second-order valence-electron chi connectivity index (χ2n) is 2.23. The molecule has 1 aromatic heterocycles. The van der Waals surface area contributed by atoms with Gasteiger partial charge in [0.15, 0.2) is 0 Å². The monoisotopic (exact) mass is 204 g/mol. The number of hydrogen-bond acceptors (Lipinski definition) is 2. The van der Waals surface area contributed by atoms with Crippen LogP contribution < -0.4 is 4.78 Å². The third-order valence-corrected chi connectivity index (χ3v) is 2.39. The summed E-state index contributed by atoms with van der Waals surface area (Å²) in [6.07, 6.45) is -4.79. The zero-order valence-corrected chi connectivity index (χ0v) is 7.21. The van der Waals surface area contributed by atoms with Crippen molar-refractivity contribution in [3.05, 3.63) is 17.0 Å². The Kier molecular flexibility index (Phi) is 2.70. The Balaban J connectivity index is 2.96. The Morgan fingerprint density at radius 2 is 2.08 bits per heavy atom. The van der Waals surface area contributed by atoms with Crippen LogP contribution in [0.2, 0.25) is 0 Å². The summed E-state index contributed by atoms with van der Waals surface area (Å²) in [5.74, 6) is -1.80. The fraction of sp³-hybridized carbons (Fsp3) is 0.143. The van der Waals surface area contributed by atoms with Crippen LogP contribution in [0.3, 0.4) is 0 Å². The zero-order valence-electron chi connectivity index (χ0n) is 6.39. The molecule has 1 nitrogen and oxygen atoms in total. The first kappa shape index (κ1) is 10.2. The molecule has 6 heteroatoms. The summed E-state index contributed by atoms with van der Waals surface area (Å²) >= 11 is 0.780. The van der Waals surface area contributed by atoms with Gasteiger partial charge in [0, 0.05) is 0 Å². The molecule has 0 atom stereocenters. The van der Waals surface area contributed by atoms with E-state index in [1.54, 1.807) is 0 Å². The number of carbonyl (C=O) groups is 1. The molecular formula is C7H4BF3OS. The summed E-state index contributed by atoms with van der Waals surface area (Å²) in [5, 5.41) is 0. The predicted octanol–water partition coefficient (Wildman–Crippen LogP) is 1.25. The third kappa shape index (κ3) is 2.27. The van der Waals surface area contributed by atoms with Gasteiger partial charge >= 0.3 is 76.4 Å². The van der Waals surface area contributed by atoms with E-state index in [1.165, 1.54) is 13.0 Å². The van der Waals surface area contributed by atoms with Crippen molar-refractivity contribution in [2.45, 2.75) is 6.18 Å². The van der Waals surface area contributed by atoms with E-state index >= 15 is 0 Å². The first-order valence-corrected chi connectivity index (χ1v) is 4.10. The van der Waals surface area contributed by atoms with Crippen LogP contribution in [0.15, 0.2) is 12.1 Å². The molecule has 0 aliphatic carbocycles. The standard InChI is InChI=1S/C7H4BF3OS/c1-8-5-3-2-4(13-5)6(12)7(9,10)11/h2-3H,1H2. The summed E-state index contributed by atoms with van der Waals surface area (Å²) in [4.78, 5) is 10.3. The van der Waals surface area contributed by atoms with Gasteiger partial charge in [0.25, 0.3) is 0 Å². The van der Waals surface area contributed by atoms with Gasteiger partial charge in [-0.25, -0.2) is 0 Å². The van der Waals surface area contributed by atoms with E-state index < -0.39 is 12.0 Å². The van der Waals surface area contributed by atoms with E-state index in [9.17, 15) is 18.0 Å². The molecule has 1 aromatic rings. The van der Waals surface area contributed by atoms with Crippen LogP contribution in [0.5, 0.6) is 0 Å². The molecule has 0 spiro atoms. The molecule has 0 aromatic carbocycles. The van der Waals surface area contributed by atoms with Crippen LogP contribution in [0, 0.1) is 0 Å². The van der Waals surface area contributed by atoms with Gasteiger partial charge in [-0.15, -0.1) is 0 Å². The van der Waals surface area contributed by atoms with Crippen molar-refractivity contribution < 1.29 is 18.0 Å². The number of rotatable bonds is 2. The summed E-state index contributed by atoms with van der Waals surface area (Å²) in [7, 11) is 0. The first-order chi connectivity index (χ1) is 5.95. The molecule has 0 amide bonds. The van der Waals surface area contributed by atoms with Crippen molar-refractivity contribution in [3.8, 4) is 0 Å². The number of ketones is 1. The predicted molar refractivity (Wildman–Crippen MR) is 47.2 cm³/mol. The van der Waals surface area contributed by atoms with Crippen LogP contribution in [-0.4, -0.2) is 25.3 Å². The zero-order chi connectivity index (χ0) is 10.1. The SMILES string of the molecule is C=Bc1ccc(C(=O)C(F)(F)F)s1. The molecular weight excluding hydrogens is 200 g/mol. The Hall–Kier alpha value is -0.905. The van der Waals surface area contributed by atoms with Crippen LogP contribution in [0.4, 0.5) is 13.2 Å². The molecule has 0 saturated heterocycles. The summed E-state index contributed by atoms with van der Waals surface area (Å²) < 4.78 is 36.2. The van der Waals surface area contributed by atoms with Crippen molar-refractivity contribution in [2.75, 3.05) is 0 Å². The van der Waals surface area contributed by atoms with Crippen molar-refractivity contribution in [1.29, 1.82) is 0 Å². The fourth-order valence-electron chi connectivity index (χ4n) is 0.724. The number of Topliss-reactive ketones (excluding diaryl/α,β-unsaturated/α-hetero) is 1. The molecule has 0 fully saturated rings. The van der Waals surface area contributed by atoms with Crippen molar-refractivity contribution in [1.82, 2.24) is 0 Å². The summed E-state index contributed by atoms with van der Waals surface area (Å²) in [5.41, 5.74) is 0. The fourth-order valence-corrected chi connectivity index (χ4v) is 1.54. The average molecular weight is 204 g/mol. The molecule has 0 N–H and O–H groups in total. The van der Waals surface area contributed by atoms with E-state index in [0.717, 1.165) is 17.4 Å². The molecule has 68 valence electrons. The molecule has 0 aliphatic rings. The topological polar surface area (TPSA) is 17.1 Å². The van der Waals surface area contributed by atoms with E-state index in [0.29, 0.717) is 4.78 Å². The van der Waals surface area contributed by atoms with E-state index in [4.69, 9.17) is 0 Å². The Labute approximate surface area is 77.1 Å². The van der Waals surface area contributed by atoms with Gasteiger partial charge in [-0.3, -0.25) is 0 Å². The van der Waals surface area contributed by atoms with Crippen molar-refractivity contribution in [3.63, 3.8) is 0 Å². The van der Waals surface area contributed by atoms with E-state index in [1.807, 2.05) is 0 Å². The van der Waals surface area contributed by atoms with E-state index in [-0.39, 0.29) is 4.88 Å². The maximum atomic E-state index is 11.9. The number of hydrogen-bond donors (Lipinski definition) is 0. The van der Waals surface area contributed by atoms with E-state index in [2.05, 4.69) is 6.47 Å². The van der Waals surface area contributed by atoms with Gasteiger partial charge in [-0.05, 0) is 0 Å². The minimum atomic E-state index is -4.79. The Morgan fingerprint density at radius 3 is 2.46 bits per heavy atom. The van der Waals surface area contributed by atoms with Crippen LogP contribution in [-0.2, 0) is 0 Å². The Bertz CT molecular complexity index is 342. The van der Waals surface area contributed by atoms with Gasteiger partial charge < -0.3 is 0 Å². The molecule has 0 aliphatic heterocycles. The van der Waals surface area contributed by atoms with Crippen LogP contribution >= 0.6 is 11.3 Å². The van der Waals surface area contributed by atoms with Crippen molar-refractivity contribution in [2.24, 2.45) is 0 Å². The van der Waals surface area contributed by atoms with Crippen LogP contribution in [0.25, 0.3) is 0 Å². The number of thiophene rings is 1. The number of alkyl halides is 3. The second-order valence-corrected chi connectivity index (χ2v) is 3.35. The molecule has 0 radical (unpaired) electrons. The molecule has 0 unspecified atom stereocenters. The Morgan fingerprint density at radius 1 is 1.46 bits per heavy atom. The quantitative estimate of drug-likeness (QED) is 0.523. The molecule has 0 bridgehead atoms. The summed E-state index contributed by atoms with van der Waals surface area (Å²) in [6.45, 7) is 4.78. The third-order valence-electron chi connectivity index (χ3n) is 1.31. The van der Waals surface area contributed by atoms with Gasteiger partial charge in [0.1, 0.15) is 0 Å². The van der Waals surface area contributed by atoms with Gasteiger partial charge in [-0.1, -0.05) is 0 Å². The molecule has 13 heavy (non-hydrogen) atoms. The van der Waals surface area contributed by atoms with Gasteiger partial charge in [0.05, 0.1) is 0 Å². The van der Waals surface area contributed by atoms with Gasteiger partial charge in [0.2, 0.25) is 0 Å². The molecule has 1 rings (SSSR count). The van der Waals surface area contributed by atoms with Gasteiger partial charge in [-0.2, -0.15) is 0 Å². The van der Waals surface area contributed by atoms with Crippen LogP contribution in [0.1, 0.15) is 9.67 Å². The molecule has 1 heterocycles. The first-order valence-electron chi connectivity index (χ1n) is 3.29. The maximum absolute atomic E-state index is 11.9. The molecule has 0 saturated carbocycles.